The number of carboxylic acid groups (broad SMARTS) is 1. The van der Waals surface area contributed by atoms with Crippen LogP contribution in [0.2, 0.25) is 0 Å². The standard InChI is InChI=1S/C10H17NO3/c1-3-8(10(13)14)11-9(12)6(2)7-4-5-7/h6-8H,3-5H2,1-2H3,(H,11,12)(H,13,14)/t6?,8-/m0/s1. The van der Waals surface area contributed by atoms with Crippen LogP contribution >= 0.6 is 0 Å². The summed E-state index contributed by atoms with van der Waals surface area (Å²) in [5, 5.41) is 11.3. The first kappa shape index (κ1) is 11.0. The molecule has 1 fully saturated rings. The van der Waals surface area contributed by atoms with Crippen molar-refractivity contribution in [2.45, 2.75) is 39.2 Å². The lowest BCUT2D eigenvalue weighted by molar-refractivity contribution is -0.142. The number of carbonyl (C=O) groups excluding carboxylic acids is 1. The summed E-state index contributed by atoms with van der Waals surface area (Å²) in [6.07, 6.45) is 2.62. The third-order valence-electron chi connectivity index (χ3n) is 2.77. The highest BCUT2D eigenvalue weighted by molar-refractivity contribution is 5.85. The van der Waals surface area contributed by atoms with E-state index in [2.05, 4.69) is 5.32 Å². The minimum absolute atomic E-state index is 0.0385. The molecule has 0 heterocycles. The number of amides is 1. The first-order valence-electron chi connectivity index (χ1n) is 5.09. The van der Waals surface area contributed by atoms with E-state index in [4.69, 9.17) is 5.11 Å². The van der Waals surface area contributed by atoms with Gasteiger partial charge in [-0.25, -0.2) is 4.79 Å². The zero-order chi connectivity index (χ0) is 10.7. The van der Waals surface area contributed by atoms with Gasteiger partial charge in [-0.2, -0.15) is 0 Å². The molecular formula is C10H17NO3. The molecule has 0 radical (unpaired) electrons. The highest BCUT2D eigenvalue weighted by Gasteiger charge is 2.33. The fourth-order valence-electron chi connectivity index (χ4n) is 1.45. The van der Waals surface area contributed by atoms with Gasteiger partial charge in [0.15, 0.2) is 0 Å². The lowest BCUT2D eigenvalue weighted by atomic mass is 10.0. The van der Waals surface area contributed by atoms with Crippen LogP contribution in [0.15, 0.2) is 0 Å². The second kappa shape index (κ2) is 4.44. The quantitative estimate of drug-likeness (QED) is 0.694. The predicted molar refractivity (Wildman–Crippen MR) is 51.7 cm³/mol. The van der Waals surface area contributed by atoms with Crippen molar-refractivity contribution in [3.63, 3.8) is 0 Å². The number of rotatable bonds is 5. The third kappa shape index (κ3) is 2.72. The average Bonchev–Trinajstić information content (AvgIpc) is 2.95. The molecule has 1 amide bonds. The van der Waals surface area contributed by atoms with Crippen LogP contribution in [0.3, 0.4) is 0 Å². The second-order valence-corrected chi connectivity index (χ2v) is 3.93. The molecule has 0 bridgehead atoms. The Morgan fingerprint density at radius 1 is 1.50 bits per heavy atom. The molecule has 2 atom stereocenters. The molecule has 0 aromatic heterocycles. The largest absolute Gasteiger partial charge is 0.480 e. The van der Waals surface area contributed by atoms with Crippen molar-refractivity contribution in [2.24, 2.45) is 11.8 Å². The molecule has 4 nitrogen and oxygen atoms in total. The summed E-state index contributed by atoms with van der Waals surface area (Å²) in [6.45, 7) is 3.61. The number of carbonyl (C=O) groups is 2. The molecule has 0 saturated heterocycles. The Hall–Kier alpha value is -1.06. The Kier molecular flexibility index (Phi) is 3.49. The van der Waals surface area contributed by atoms with Crippen LogP contribution in [0.1, 0.15) is 33.1 Å². The van der Waals surface area contributed by atoms with Gasteiger partial charge in [-0.05, 0) is 25.2 Å². The van der Waals surface area contributed by atoms with E-state index in [1.54, 1.807) is 6.92 Å². The maximum Gasteiger partial charge on any atom is 0.326 e. The van der Waals surface area contributed by atoms with Gasteiger partial charge in [-0.3, -0.25) is 4.79 Å². The Morgan fingerprint density at radius 3 is 2.43 bits per heavy atom. The fourth-order valence-corrected chi connectivity index (χ4v) is 1.45. The van der Waals surface area contributed by atoms with Crippen LogP contribution < -0.4 is 5.32 Å². The van der Waals surface area contributed by atoms with E-state index >= 15 is 0 Å². The molecule has 0 aliphatic heterocycles. The Balaban J connectivity index is 2.40. The molecule has 14 heavy (non-hydrogen) atoms. The van der Waals surface area contributed by atoms with Crippen molar-refractivity contribution in [1.82, 2.24) is 5.32 Å². The summed E-state index contributed by atoms with van der Waals surface area (Å²) in [5.74, 6) is -0.643. The smallest absolute Gasteiger partial charge is 0.326 e. The lowest BCUT2D eigenvalue weighted by Gasteiger charge is -2.15. The Morgan fingerprint density at radius 2 is 2.07 bits per heavy atom. The molecule has 2 N–H and O–H groups in total. The number of carboxylic acids is 1. The maximum atomic E-state index is 11.5. The van der Waals surface area contributed by atoms with E-state index in [1.165, 1.54) is 0 Å². The fraction of sp³-hybridized carbons (Fsp3) is 0.800. The van der Waals surface area contributed by atoms with Crippen molar-refractivity contribution in [1.29, 1.82) is 0 Å². The van der Waals surface area contributed by atoms with Crippen LogP contribution in [0.4, 0.5) is 0 Å². The van der Waals surface area contributed by atoms with Crippen molar-refractivity contribution in [2.75, 3.05) is 0 Å². The minimum Gasteiger partial charge on any atom is -0.480 e. The molecular weight excluding hydrogens is 182 g/mol. The molecule has 1 rings (SSSR count). The summed E-state index contributed by atoms with van der Waals surface area (Å²) in [6, 6.07) is -0.733. The SMILES string of the molecule is CC[C@H](NC(=O)C(C)C1CC1)C(=O)O. The van der Waals surface area contributed by atoms with Gasteiger partial charge >= 0.3 is 5.97 Å². The van der Waals surface area contributed by atoms with Crippen molar-refractivity contribution < 1.29 is 14.7 Å². The zero-order valence-corrected chi connectivity index (χ0v) is 8.62. The lowest BCUT2D eigenvalue weighted by Crippen LogP contribution is -2.43. The van der Waals surface area contributed by atoms with Gasteiger partial charge in [0.2, 0.25) is 5.91 Å². The summed E-state index contributed by atoms with van der Waals surface area (Å²) in [7, 11) is 0. The van der Waals surface area contributed by atoms with E-state index in [9.17, 15) is 9.59 Å². The second-order valence-electron chi connectivity index (χ2n) is 3.93. The summed E-state index contributed by atoms with van der Waals surface area (Å²) in [4.78, 5) is 22.2. The number of aliphatic carboxylic acids is 1. The van der Waals surface area contributed by atoms with Crippen LogP contribution in [0.5, 0.6) is 0 Å². The molecule has 0 aromatic rings. The van der Waals surface area contributed by atoms with Crippen LogP contribution in [0, 0.1) is 11.8 Å². The first-order chi connectivity index (χ1) is 6.56. The van der Waals surface area contributed by atoms with Gasteiger partial charge in [0, 0.05) is 5.92 Å². The molecule has 4 heteroatoms. The summed E-state index contributed by atoms with van der Waals surface area (Å²) in [5.41, 5.74) is 0. The van der Waals surface area contributed by atoms with Crippen LogP contribution in [-0.4, -0.2) is 23.0 Å². The molecule has 1 aliphatic carbocycles. The first-order valence-corrected chi connectivity index (χ1v) is 5.09. The molecule has 0 spiro atoms. The summed E-state index contributed by atoms with van der Waals surface area (Å²) >= 11 is 0. The van der Waals surface area contributed by atoms with Crippen molar-refractivity contribution in [3.8, 4) is 0 Å². The number of nitrogens with one attached hydrogen (secondary N) is 1. The Bertz CT molecular complexity index is 236. The number of hydrogen-bond acceptors (Lipinski definition) is 2. The van der Waals surface area contributed by atoms with Crippen molar-refractivity contribution in [3.05, 3.63) is 0 Å². The van der Waals surface area contributed by atoms with E-state index in [-0.39, 0.29) is 11.8 Å². The highest BCUT2D eigenvalue weighted by Crippen LogP contribution is 2.36. The zero-order valence-electron chi connectivity index (χ0n) is 8.62. The van der Waals surface area contributed by atoms with E-state index in [0.717, 1.165) is 12.8 Å². The molecule has 1 aliphatic rings. The van der Waals surface area contributed by atoms with Gasteiger partial charge in [0.25, 0.3) is 0 Å². The topological polar surface area (TPSA) is 66.4 Å². The molecule has 80 valence electrons. The monoisotopic (exact) mass is 199 g/mol. The molecule has 0 aromatic carbocycles. The van der Waals surface area contributed by atoms with Gasteiger partial charge < -0.3 is 10.4 Å². The van der Waals surface area contributed by atoms with Gasteiger partial charge in [0.1, 0.15) is 6.04 Å². The van der Waals surface area contributed by atoms with E-state index in [1.807, 2.05) is 6.92 Å². The highest BCUT2D eigenvalue weighted by atomic mass is 16.4. The maximum absolute atomic E-state index is 11.5. The summed E-state index contributed by atoms with van der Waals surface area (Å²) < 4.78 is 0. The van der Waals surface area contributed by atoms with Gasteiger partial charge in [-0.1, -0.05) is 13.8 Å². The Labute approximate surface area is 83.7 Å². The normalized spacial score (nSPS) is 19.9. The minimum atomic E-state index is -0.955. The third-order valence-corrected chi connectivity index (χ3v) is 2.77. The van der Waals surface area contributed by atoms with Crippen LogP contribution in [-0.2, 0) is 9.59 Å². The van der Waals surface area contributed by atoms with Crippen LogP contribution in [0.25, 0.3) is 0 Å². The molecule has 1 saturated carbocycles. The van der Waals surface area contributed by atoms with Crippen molar-refractivity contribution >= 4 is 11.9 Å². The molecule has 1 unspecified atom stereocenters. The van der Waals surface area contributed by atoms with Gasteiger partial charge in [0.05, 0.1) is 0 Å². The average molecular weight is 199 g/mol. The van der Waals surface area contributed by atoms with E-state index in [0.29, 0.717) is 12.3 Å². The van der Waals surface area contributed by atoms with E-state index < -0.39 is 12.0 Å². The predicted octanol–water partition coefficient (Wildman–Crippen LogP) is 1.01. The number of hydrogen-bond donors (Lipinski definition) is 2. The van der Waals surface area contributed by atoms with Gasteiger partial charge in [-0.15, -0.1) is 0 Å².